The average molecular weight is 379 g/mol. The third-order valence-corrected chi connectivity index (χ3v) is 4.98. The summed E-state index contributed by atoms with van der Waals surface area (Å²) in [6.45, 7) is 6.50. The van der Waals surface area contributed by atoms with E-state index in [1.165, 1.54) is 14.0 Å². The van der Waals surface area contributed by atoms with Crippen molar-refractivity contribution in [1.82, 2.24) is 9.36 Å². The van der Waals surface area contributed by atoms with Crippen molar-refractivity contribution in [2.75, 3.05) is 19.5 Å². The van der Waals surface area contributed by atoms with Gasteiger partial charge in [0, 0.05) is 12.7 Å². The zero-order valence-electron chi connectivity index (χ0n) is 15.5. The van der Waals surface area contributed by atoms with E-state index in [-0.39, 0.29) is 5.69 Å². The molecule has 26 heavy (non-hydrogen) atoms. The second-order valence-electron chi connectivity index (χ2n) is 5.75. The van der Waals surface area contributed by atoms with Gasteiger partial charge in [0.25, 0.3) is 0 Å². The van der Waals surface area contributed by atoms with Crippen LogP contribution in [0.1, 0.15) is 55.1 Å². The fourth-order valence-electron chi connectivity index (χ4n) is 2.66. The Labute approximate surface area is 155 Å². The summed E-state index contributed by atoms with van der Waals surface area (Å²) >= 11 is 1.15. The van der Waals surface area contributed by atoms with Crippen LogP contribution in [0.15, 0.2) is 0 Å². The Kier molecular flexibility index (Phi) is 5.81. The first-order valence-corrected chi connectivity index (χ1v) is 8.66. The van der Waals surface area contributed by atoms with Crippen molar-refractivity contribution in [3.8, 4) is 0 Å². The highest BCUT2D eigenvalue weighted by Gasteiger charge is 2.29. The molecule has 0 spiro atoms. The van der Waals surface area contributed by atoms with E-state index < -0.39 is 23.8 Å². The summed E-state index contributed by atoms with van der Waals surface area (Å²) < 4.78 is 14.2. The minimum absolute atomic E-state index is 0.220. The van der Waals surface area contributed by atoms with E-state index in [0.717, 1.165) is 11.5 Å². The number of nitrogens with one attached hydrogen (secondary N) is 2. The fraction of sp³-hybridized carbons (Fsp3) is 0.412. The van der Waals surface area contributed by atoms with Crippen LogP contribution < -0.4 is 5.32 Å². The molecule has 1 atom stereocenters. The Morgan fingerprint density at radius 1 is 1.15 bits per heavy atom. The number of aromatic amines is 1. The SMILES string of the molecule is CNc1snc(C)c1C(=O)O[C@@H](C)C(=O)c1[nH]c(C)c(C(=O)OC)c1C. The number of carbonyl (C=O) groups excluding carboxylic acids is 3. The Morgan fingerprint density at radius 2 is 1.81 bits per heavy atom. The molecule has 0 saturated carbocycles. The standard InChI is InChI=1S/C17H21N3O5S/c1-7-11(16(22)24-6)8(2)19-13(7)14(21)10(4)25-17(23)12-9(3)20-26-15(12)18-5/h10,18-19H,1-6H3/t10-/m0/s1. The normalized spacial score (nSPS) is 11.8. The van der Waals surface area contributed by atoms with Gasteiger partial charge in [-0.3, -0.25) is 4.79 Å². The number of hydrogen-bond donors (Lipinski definition) is 2. The number of rotatable bonds is 6. The third kappa shape index (κ3) is 3.48. The first kappa shape index (κ1) is 19.6. The lowest BCUT2D eigenvalue weighted by Crippen LogP contribution is -2.26. The van der Waals surface area contributed by atoms with Crippen LogP contribution >= 0.6 is 11.5 Å². The molecule has 0 fully saturated rings. The number of carbonyl (C=O) groups is 3. The number of methoxy groups -OCH3 is 1. The predicted octanol–water partition coefficient (Wildman–Crippen LogP) is 2.65. The lowest BCUT2D eigenvalue weighted by Gasteiger charge is -2.12. The molecule has 0 aliphatic carbocycles. The third-order valence-electron chi connectivity index (χ3n) is 4.02. The molecule has 8 nitrogen and oxygen atoms in total. The maximum atomic E-state index is 12.7. The van der Waals surface area contributed by atoms with Crippen LogP contribution in [0.5, 0.6) is 0 Å². The van der Waals surface area contributed by atoms with Gasteiger partial charge in [0.1, 0.15) is 10.6 Å². The molecule has 0 aliphatic rings. The Hall–Kier alpha value is -2.68. The maximum Gasteiger partial charge on any atom is 0.343 e. The number of ether oxygens (including phenoxy) is 2. The fourth-order valence-corrected chi connectivity index (χ4v) is 3.39. The van der Waals surface area contributed by atoms with Crippen molar-refractivity contribution in [3.63, 3.8) is 0 Å². The minimum atomic E-state index is -1.03. The predicted molar refractivity (Wildman–Crippen MR) is 97.2 cm³/mol. The summed E-state index contributed by atoms with van der Waals surface area (Å²) in [5.41, 5.74) is 2.36. The summed E-state index contributed by atoms with van der Waals surface area (Å²) in [6, 6.07) is 0. The maximum absolute atomic E-state index is 12.7. The molecule has 2 aromatic heterocycles. The van der Waals surface area contributed by atoms with Crippen molar-refractivity contribution >= 4 is 34.3 Å². The summed E-state index contributed by atoms with van der Waals surface area (Å²) in [5.74, 6) is -1.59. The summed E-state index contributed by atoms with van der Waals surface area (Å²) in [4.78, 5) is 39.9. The second kappa shape index (κ2) is 7.69. The molecule has 0 amide bonds. The van der Waals surface area contributed by atoms with Crippen LogP contribution in [-0.4, -0.2) is 47.3 Å². The van der Waals surface area contributed by atoms with E-state index in [0.29, 0.717) is 33.1 Å². The molecule has 2 aromatic rings. The molecule has 0 aliphatic heterocycles. The molecule has 9 heteroatoms. The van der Waals surface area contributed by atoms with Crippen molar-refractivity contribution in [3.05, 3.63) is 33.8 Å². The van der Waals surface area contributed by atoms with Crippen LogP contribution in [0.3, 0.4) is 0 Å². The number of ketones is 1. The summed E-state index contributed by atoms with van der Waals surface area (Å²) in [7, 11) is 2.95. The van der Waals surface area contributed by atoms with E-state index in [4.69, 9.17) is 9.47 Å². The van der Waals surface area contributed by atoms with E-state index >= 15 is 0 Å². The van der Waals surface area contributed by atoms with Gasteiger partial charge in [0.2, 0.25) is 5.78 Å². The van der Waals surface area contributed by atoms with E-state index in [1.807, 2.05) is 0 Å². The van der Waals surface area contributed by atoms with Gasteiger partial charge >= 0.3 is 11.9 Å². The van der Waals surface area contributed by atoms with Crippen molar-refractivity contribution in [1.29, 1.82) is 0 Å². The first-order chi connectivity index (χ1) is 12.2. The number of H-pyrrole nitrogens is 1. The molecule has 0 unspecified atom stereocenters. The molecular formula is C17H21N3O5S. The number of nitrogens with zero attached hydrogens (tertiary/aromatic N) is 1. The van der Waals surface area contributed by atoms with Gasteiger partial charge in [-0.1, -0.05) is 0 Å². The number of aryl methyl sites for hydroxylation is 2. The lowest BCUT2D eigenvalue weighted by atomic mass is 10.1. The number of aromatic nitrogens is 2. The molecular weight excluding hydrogens is 358 g/mol. The topological polar surface area (TPSA) is 110 Å². The van der Waals surface area contributed by atoms with Crippen LogP contribution in [0.4, 0.5) is 5.00 Å². The molecule has 2 N–H and O–H groups in total. The summed E-state index contributed by atoms with van der Waals surface area (Å²) in [6.07, 6.45) is -1.03. The van der Waals surface area contributed by atoms with Crippen LogP contribution in [0.2, 0.25) is 0 Å². The van der Waals surface area contributed by atoms with Gasteiger partial charge in [-0.25, -0.2) is 9.59 Å². The van der Waals surface area contributed by atoms with Gasteiger partial charge in [0.05, 0.1) is 24.1 Å². The van der Waals surface area contributed by atoms with Gasteiger partial charge in [-0.2, -0.15) is 4.37 Å². The first-order valence-electron chi connectivity index (χ1n) is 7.89. The lowest BCUT2D eigenvalue weighted by molar-refractivity contribution is 0.0317. The highest BCUT2D eigenvalue weighted by molar-refractivity contribution is 7.10. The van der Waals surface area contributed by atoms with Crippen molar-refractivity contribution in [2.45, 2.75) is 33.8 Å². The van der Waals surface area contributed by atoms with E-state index in [9.17, 15) is 14.4 Å². The molecule has 0 bridgehead atoms. The highest BCUT2D eigenvalue weighted by Crippen LogP contribution is 2.26. The van der Waals surface area contributed by atoms with Gasteiger partial charge in [0.15, 0.2) is 6.10 Å². The molecule has 0 saturated heterocycles. The monoisotopic (exact) mass is 379 g/mol. The molecule has 140 valence electrons. The number of Topliss-reactive ketones (excluding diaryl/α,β-unsaturated/α-hetero) is 1. The minimum Gasteiger partial charge on any atom is -0.465 e. The zero-order valence-corrected chi connectivity index (χ0v) is 16.3. The number of hydrogen-bond acceptors (Lipinski definition) is 8. The molecule has 2 rings (SSSR count). The zero-order chi connectivity index (χ0) is 19.6. The molecule has 0 radical (unpaired) electrons. The highest BCUT2D eigenvalue weighted by atomic mass is 32.1. The van der Waals surface area contributed by atoms with Gasteiger partial charge < -0.3 is 19.8 Å². The smallest absolute Gasteiger partial charge is 0.343 e. The Balaban J connectivity index is 2.24. The summed E-state index contributed by atoms with van der Waals surface area (Å²) in [5, 5.41) is 3.46. The van der Waals surface area contributed by atoms with Crippen LogP contribution in [0.25, 0.3) is 0 Å². The molecule has 0 aromatic carbocycles. The van der Waals surface area contributed by atoms with E-state index in [1.54, 1.807) is 27.8 Å². The van der Waals surface area contributed by atoms with E-state index in [2.05, 4.69) is 14.7 Å². The average Bonchev–Trinajstić information content (AvgIpc) is 3.12. The van der Waals surface area contributed by atoms with Crippen molar-refractivity contribution in [2.24, 2.45) is 0 Å². The number of esters is 2. The van der Waals surface area contributed by atoms with Crippen LogP contribution in [0, 0.1) is 20.8 Å². The quantitative estimate of drug-likeness (QED) is 0.586. The largest absolute Gasteiger partial charge is 0.465 e. The van der Waals surface area contributed by atoms with Gasteiger partial charge in [-0.15, -0.1) is 0 Å². The Morgan fingerprint density at radius 3 is 2.38 bits per heavy atom. The van der Waals surface area contributed by atoms with Crippen molar-refractivity contribution < 1.29 is 23.9 Å². The number of anilines is 1. The van der Waals surface area contributed by atoms with Crippen LogP contribution in [-0.2, 0) is 9.47 Å². The van der Waals surface area contributed by atoms with Gasteiger partial charge in [-0.05, 0) is 44.8 Å². The molecule has 2 heterocycles. The second-order valence-corrected chi connectivity index (χ2v) is 6.52. The Bertz CT molecular complexity index is 868.